The summed E-state index contributed by atoms with van der Waals surface area (Å²) in [7, 11) is 2.83. The van der Waals surface area contributed by atoms with Crippen molar-refractivity contribution in [3.8, 4) is 11.1 Å². The van der Waals surface area contributed by atoms with Crippen LogP contribution in [0.2, 0.25) is 0 Å². The van der Waals surface area contributed by atoms with E-state index >= 15 is 0 Å². The maximum Gasteiger partial charge on any atom is 0.411 e. The predicted octanol–water partition coefficient (Wildman–Crippen LogP) is 2.61. The molecule has 0 saturated heterocycles. The maximum atomic E-state index is 12.7. The van der Waals surface area contributed by atoms with Crippen LogP contribution >= 0.6 is 0 Å². The van der Waals surface area contributed by atoms with E-state index in [4.69, 9.17) is 9.47 Å². The zero-order valence-corrected chi connectivity index (χ0v) is 18.6. The van der Waals surface area contributed by atoms with Crippen LogP contribution in [0.25, 0.3) is 11.1 Å². The summed E-state index contributed by atoms with van der Waals surface area (Å²) in [4.78, 5) is 36.6. The number of hydrogen-bond acceptors (Lipinski definition) is 6. The number of aryl methyl sites for hydroxylation is 1. The Labute approximate surface area is 195 Å². The Balaban J connectivity index is 1.45. The van der Waals surface area contributed by atoms with E-state index in [2.05, 4.69) is 15.7 Å². The third-order valence-electron chi connectivity index (χ3n) is 5.67. The lowest BCUT2D eigenvalue weighted by molar-refractivity contribution is -0.140. The third-order valence-corrected chi connectivity index (χ3v) is 5.67. The largest absolute Gasteiger partial charge is 0.480 e. The van der Waals surface area contributed by atoms with E-state index in [1.54, 1.807) is 0 Å². The Bertz CT molecular complexity index is 1190. The molecule has 0 fully saturated rings. The second-order valence-electron chi connectivity index (χ2n) is 7.80. The molecule has 3 N–H and O–H groups in total. The van der Waals surface area contributed by atoms with Crippen molar-refractivity contribution >= 4 is 23.7 Å². The average molecular weight is 464 g/mol. The van der Waals surface area contributed by atoms with Gasteiger partial charge in [0.1, 0.15) is 12.3 Å². The minimum Gasteiger partial charge on any atom is -0.480 e. The topological polar surface area (TPSA) is 132 Å². The van der Waals surface area contributed by atoms with Gasteiger partial charge in [0.2, 0.25) is 0 Å². The van der Waals surface area contributed by atoms with Crippen molar-refractivity contribution in [3.63, 3.8) is 0 Å². The van der Waals surface area contributed by atoms with Crippen molar-refractivity contribution in [3.05, 3.63) is 71.5 Å². The lowest BCUT2D eigenvalue weighted by atomic mass is 9.98. The van der Waals surface area contributed by atoms with Crippen molar-refractivity contribution in [1.82, 2.24) is 15.1 Å². The number of rotatable bonds is 8. The third kappa shape index (κ3) is 4.48. The number of anilines is 1. The van der Waals surface area contributed by atoms with Gasteiger partial charge in [-0.15, -0.1) is 0 Å². The second-order valence-corrected chi connectivity index (χ2v) is 7.80. The molecule has 176 valence electrons. The van der Waals surface area contributed by atoms with Crippen LogP contribution < -0.4 is 10.6 Å². The maximum absolute atomic E-state index is 12.7. The summed E-state index contributed by atoms with van der Waals surface area (Å²) in [6.07, 6.45) is 0.540. The molecule has 1 aromatic heterocycles. The summed E-state index contributed by atoms with van der Waals surface area (Å²) in [5, 5.41) is 18.1. The molecule has 1 aliphatic carbocycles. The number of benzene rings is 2. The van der Waals surface area contributed by atoms with Crippen LogP contribution in [0.4, 0.5) is 10.5 Å². The SMILES string of the molecule is COC[C@H](NC(=O)c1c(NC(=O)OCC2c3ccccc3-c3ccccc32)cnn1C)C(=O)O. The number of carboxylic acid groups (broad SMARTS) is 1. The van der Waals surface area contributed by atoms with Gasteiger partial charge in [-0.2, -0.15) is 5.10 Å². The molecule has 1 heterocycles. The number of amides is 2. The van der Waals surface area contributed by atoms with Gasteiger partial charge in [-0.05, 0) is 22.3 Å². The van der Waals surface area contributed by atoms with Crippen molar-refractivity contribution in [2.75, 3.05) is 25.6 Å². The monoisotopic (exact) mass is 464 g/mol. The molecule has 1 atom stereocenters. The van der Waals surface area contributed by atoms with E-state index in [0.29, 0.717) is 0 Å². The molecule has 10 heteroatoms. The zero-order valence-electron chi connectivity index (χ0n) is 18.6. The number of ether oxygens (including phenoxy) is 2. The van der Waals surface area contributed by atoms with Crippen LogP contribution in [-0.4, -0.2) is 59.2 Å². The molecule has 0 aliphatic heterocycles. The number of carbonyl (C=O) groups excluding carboxylic acids is 2. The minimum absolute atomic E-state index is 0.0177. The summed E-state index contributed by atoms with van der Waals surface area (Å²) in [6, 6.07) is 14.7. The van der Waals surface area contributed by atoms with E-state index in [0.717, 1.165) is 22.3 Å². The van der Waals surface area contributed by atoms with Crippen LogP contribution in [0.3, 0.4) is 0 Å². The molecule has 2 amide bonds. The van der Waals surface area contributed by atoms with Gasteiger partial charge in [0.15, 0.2) is 6.04 Å². The molecule has 34 heavy (non-hydrogen) atoms. The molecule has 10 nitrogen and oxygen atoms in total. The van der Waals surface area contributed by atoms with Crippen LogP contribution in [0.1, 0.15) is 27.5 Å². The van der Waals surface area contributed by atoms with E-state index in [1.807, 2.05) is 48.5 Å². The van der Waals surface area contributed by atoms with Crippen LogP contribution in [0, 0.1) is 0 Å². The molecular weight excluding hydrogens is 440 g/mol. The van der Waals surface area contributed by atoms with Crippen LogP contribution in [0.15, 0.2) is 54.7 Å². The van der Waals surface area contributed by atoms with Crippen LogP contribution in [-0.2, 0) is 21.3 Å². The summed E-state index contributed by atoms with van der Waals surface area (Å²) < 4.78 is 11.6. The number of methoxy groups -OCH3 is 1. The Morgan fingerprint density at radius 2 is 1.71 bits per heavy atom. The fourth-order valence-electron chi connectivity index (χ4n) is 4.11. The smallest absolute Gasteiger partial charge is 0.411 e. The number of fused-ring (bicyclic) bond motifs is 3. The van der Waals surface area contributed by atoms with Gasteiger partial charge in [0.25, 0.3) is 5.91 Å². The quantitative estimate of drug-likeness (QED) is 0.467. The molecule has 4 rings (SSSR count). The molecule has 1 aliphatic rings. The highest BCUT2D eigenvalue weighted by molar-refractivity contribution is 6.02. The van der Waals surface area contributed by atoms with Gasteiger partial charge in [-0.25, -0.2) is 9.59 Å². The highest BCUT2D eigenvalue weighted by Gasteiger charge is 2.30. The number of aliphatic carboxylic acids is 1. The van der Waals surface area contributed by atoms with E-state index in [-0.39, 0.29) is 30.5 Å². The first-order valence-corrected chi connectivity index (χ1v) is 10.6. The number of hydrogen-bond donors (Lipinski definition) is 3. The number of nitrogens with one attached hydrogen (secondary N) is 2. The van der Waals surface area contributed by atoms with E-state index < -0.39 is 24.0 Å². The summed E-state index contributed by atoms with van der Waals surface area (Å²) in [5.74, 6) is -2.08. The first-order valence-electron chi connectivity index (χ1n) is 10.6. The van der Waals surface area contributed by atoms with Gasteiger partial charge in [0.05, 0.1) is 18.5 Å². The van der Waals surface area contributed by atoms with Gasteiger partial charge in [-0.1, -0.05) is 48.5 Å². The summed E-state index contributed by atoms with van der Waals surface area (Å²) in [5.41, 5.74) is 4.46. The second kappa shape index (κ2) is 9.75. The number of nitrogens with zero attached hydrogens (tertiary/aromatic N) is 2. The zero-order chi connectivity index (χ0) is 24.2. The molecule has 0 unspecified atom stereocenters. The van der Waals surface area contributed by atoms with Crippen molar-refractivity contribution in [1.29, 1.82) is 0 Å². The Morgan fingerprint density at radius 3 is 2.29 bits per heavy atom. The number of carboxylic acids is 1. The molecule has 0 saturated carbocycles. The molecule has 0 bridgehead atoms. The first-order chi connectivity index (χ1) is 16.4. The van der Waals surface area contributed by atoms with Gasteiger partial charge < -0.3 is 19.9 Å². The minimum atomic E-state index is -1.25. The fraction of sp³-hybridized carbons (Fsp3) is 0.250. The fourth-order valence-corrected chi connectivity index (χ4v) is 4.11. The number of aromatic nitrogens is 2. The standard InChI is InChI=1S/C24H24N4O6/c1-28-21(22(29)26-20(13-33-2)23(30)31)19(11-25-28)27-24(32)34-12-18-16-9-5-3-7-14(16)15-8-4-6-10-17(15)18/h3-11,18,20H,12-13H2,1-2H3,(H,26,29)(H,27,32)(H,30,31)/t20-/m0/s1. The highest BCUT2D eigenvalue weighted by atomic mass is 16.5. The Morgan fingerprint density at radius 1 is 1.09 bits per heavy atom. The lowest BCUT2D eigenvalue weighted by Gasteiger charge is -2.16. The summed E-state index contributed by atoms with van der Waals surface area (Å²) in [6.45, 7) is -0.107. The average Bonchev–Trinajstić information content (AvgIpc) is 3.34. The normalized spacial score (nSPS) is 13.0. The predicted molar refractivity (Wildman–Crippen MR) is 123 cm³/mol. The summed E-state index contributed by atoms with van der Waals surface area (Å²) >= 11 is 0. The number of carbonyl (C=O) groups is 3. The van der Waals surface area contributed by atoms with Gasteiger partial charge in [-0.3, -0.25) is 14.8 Å². The van der Waals surface area contributed by atoms with Crippen molar-refractivity contribution < 1.29 is 29.0 Å². The molecule has 3 aromatic rings. The molecule has 0 radical (unpaired) electrons. The van der Waals surface area contributed by atoms with Gasteiger partial charge >= 0.3 is 12.1 Å². The first kappa shape index (κ1) is 23.0. The molecule has 0 spiro atoms. The molecular formula is C24H24N4O6. The van der Waals surface area contributed by atoms with Crippen LogP contribution in [0.5, 0.6) is 0 Å². The van der Waals surface area contributed by atoms with Gasteiger partial charge in [0, 0.05) is 20.1 Å². The molecule has 2 aromatic carbocycles. The van der Waals surface area contributed by atoms with E-state index in [9.17, 15) is 19.5 Å². The van der Waals surface area contributed by atoms with Crippen molar-refractivity contribution in [2.45, 2.75) is 12.0 Å². The lowest BCUT2D eigenvalue weighted by Crippen LogP contribution is -2.44. The Hall–Kier alpha value is -4.18. The highest BCUT2D eigenvalue weighted by Crippen LogP contribution is 2.44. The Kier molecular flexibility index (Phi) is 6.60. The van der Waals surface area contributed by atoms with Crippen molar-refractivity contribution in [2.24, 2.45) is 7.05 Å². The van der Waals surface area contributed by atoms with E-state index in [1.165, 1.54) is 25.0 Å².